The molecule has 0 N–H and O–H groups in total. The zero-order chi connectivity index (χ0) is 10.4. The van der Waals surface area contributed by atoms with E-state index in [0.29, 0.717) is 36.0 Å². The van der Waals surface area contributed by atoms with Gasteiger partial charge in [0.1, 0.15) is 0 Å². The third-order valence-corrected chi connectivity index (χ3v) is 2.23. The summed E-state index contributed by atoms with van der Waals surface area (Å²) in [6.07, 6.45) is 0. The molecule has 0 aliphatic carbocycles. The van der Waals surface area contributed by atoms with Crippen LogP contribution in [0.25, 0.3) is 0 Å². The van der Waals surface area contributed by atoms with E-state index in [2.05, 4.69) is 4.98 Å². The largest absolute Gasteiger partial charge is 0.480 e. The van der Waals surface area contributed by atoms with Crippen LogP contribution in [0.15, 0.2) is 0 Å². The topological polar surface area (TPSA) is 40.6 Å². The summed E-state index contributed by atoms with van der Waals surface area (Å²) in [6.45, 7) is 7.54. The van der Waals surface area contributed by atoms with Gasteiger partial charge >= 0.3 is 0 Å². The molecule has 0 atom stereocenters. The zero-order valence-corrected chi connectivity index (χ0v) is 15.5. The van der Waals surface area contributed by atoms with Crippen molar-refractivity contribution in [3.63, 3.8) is 0 Å². The minimum Gasteiger partial charge on any atom is -0.480 e. The number of rotatable bonds is 6. The molecule has 0 bridgehead atoms. The SMILES string of the molecule is CCOc1nc(OCC)c(OCC)s1.S.S.S.S. The fourth-order valence-corrected chi connectivity index (χ4v) is 1.74. The summed E-state index contributed by atoms with van der Waals surface area (Å²) in [7, 11) is 0. The molecular formula is C9H23NO3S5. The van der Waals surface area contributed by atoms with E-state index in [1.165, 1.54) is 11.3 Å². The molecule has 0 saturated heterocycles. The summed E-state index contributed by atoms with van der Waals surface area (Å²) in [6, 6.07) is 0. The monoisotopic (exact) mass is 353 g/mol. The van der Waals surface area contributed by atoms with E-state index in [-0.39, 0.29) is 54.0 Å². The molecule has 0 aliphatic rings. The van der Waals surface area contributed by atoms with Crippen LogP contribution in [0.3, 0.4) is 0 Å². The van der Waals surface area contributed by atoms with Crippen molar-refractivity contribution >= 4 is 65.3 Å². The average Bonchev–Trinajstić information content (AvgIpc) is 2.50. The van der Waals surface area contributed by atoms with Crippen LogP contribution in [0.2, 0.25) is 0 Å². The quantitative estimate of drug-likeness (QED) is 0.788. The van der Waals surface area contributed by atoms with Crippen LogP contribution in [0.1, 0.15) is 20.8 Å². The third-order valence-electron chi connectivity index (χ3n) is 1.37. The van der Waals surface area contributed by atoms with Gasteiger partial charge in [0, 0.05) is 0 Å². The van der Waals surface area contributed by atoms with Gasteiger partial charge in [-0.25, -0.2) is 0 Å². The van der Waals surface area contributed by atoms with Crippen LogP contribution in [0.4, 0.5) is 0 Å². The molecule has 18 heavy (non-hydrogen) atoms. The van der Waals surface area contributed by atoms with Crippen molar-refractivity contribution in [3.8, 4) is 16.1 Å². The second-order valence-electron chi connectivity index (χ2n) is 2.37. The summed E-state index contributed by atoms with van der Waals surface area (Å²) in [5.74, 6) is 0.530. The highest BCUT2D eigenvalue weighted by Gasteiger charge is 2.13. The molecule has 0 fully saturated rings. The lowest BCUT2D eigenvalue weighted by atomic mass is 10.7. The van der Waals surface area contributed by atoms with E-state index in [0.717, 1.165) is 0 Å². The van der Waals surface area contributed by atoms with Gasteiger partial charge in [0.2, 0.25) is 5.06 Å². The van der Waals surface area contributed by atoms with Gasteiger partial charge in [0.05, 0.1) is 19.8 Å². The van der Waals surface area contributed by atoms with Gasteiger partial charge in [0.15, 0.2) is 0 Å². The minimum absolute atomic E-state index is 0. The first-order valence-corrected chi connectivity index (χ1v) is 5.52. The molecule has 0 aliphatic heterocycles. The van der Waals surface area contributed by atoms with Crippen LogP contribution in [-0.2, 0) is 0 Å². The Balaban J connectivity index is -0.000000245. The zero-order valence-electron chi connectivity index (χ0n) is 10.7. The Kier molecular flexibility index (Phi) is 23.1. The van der Waals surface area contributed by atoms with E-state index in [1.807, 2.05) is 20.8 Å². The van der Waals surface area contributed by atoms with E-state index < -0.39 is 0 Å². The van der Waals surface area contributed by atoms with Gasteiger partial charge in [-0.2, -0.15) is 59.0 Å². The summed E-state index contributed by atoms with van der Waals surface area (Å²) < 4.78 is 15.9. The van der Waals surface area contributed by atoms with Gasteiger partial charge in [-0.3, -0.25) is 0 Å². The van der Waals surface area contributed by atoms with Crippen molar-refractivity contribution < 1.29 is 14.2 Å². The summed E-state index contributed by atoms with van der Waals surface area (Å²) >= 11 is 1.37. The summed E-state index contributed by atoms with van der Waals surface area (Å²) in [5.41, 5.74) is 0. The van der Waals surface area contributed by atoms with Crippen molar-refractivity contribution in [1.82, 2.24) is 4.98 Å². The maximum Gasteiger partial charge on any atom is 0.280 e. The fraction of sp³-hybridized carbons (Fsp3) is 0.667. The number of ether oxygens (including phenoxy) is 3. The molecule has 112 valence electrons. The van der Waals surface area contributed by atoms with Crippen molar-refractivity contribution in [2.45, 2.75) is 20.8 Å². The highest BCUT2D eigenvalue weighted by molar-refractivity contribution is 7.59. The Bertz CT molecular complexity index is 262. The first kappa shape index (κ1) is 26.9. The highest BCUT2D eigenvalue weighted by Crippen LogP contribution is 2.38. The Morgan fingerprint density at radius 3 is 1.78 bits per heavy atom. The molecule has 0 aromatic carbocycles. The molecule has 1 heterocycles. The molecule has 0 radical (unpaired) electrons. The summed E-state index contributed by atoms with van der Waals surface area (Å²) in [4.78, 5) is 4.16. The predicted molar refractivity (Wildman–Crippen MR) is 97.1 cm³/mol. The van der Waals surface area contributed by atoms with Gasteiger partial charge in [-0.1, -0.05) is 0 Å². The molecule has 0 unspecified atom stereocenters. The van der Waals surface area contributed by atoms with Crippen LogP contribution < -0.4 is 14.2 Å². The third kappa shape index (κ3) is 8.52. The maximum absolute atomic E-state index is 5.37. The lowest BCUT2D eigenvalue weighted by Gasteiger charge is -2.01. The Labute approximate surface area is 141 Å². The van der Waals surface area contributed by atoms with E-state index >= 15 is 0 Å². The fourth-order valence-electron chi connectivity index (χ4n) is 0.910. The molecule has 0 spiro atoms. The van der Waals surface area contributed by atoms with Crippen molar-refractivity contribution in [2.24, 2.45) is 0 Å². The number of hydrogen-bond donors (Lipinski definition) is 0. The molecule has 9 heteroatoms. The van der Waals surface area contributed by atoms with Gasteiger partial charge in [-0.05, 0) is 32.1 Å². The second-order valence-corrected chi connectivity index (χ2v) is 3.30. The van der Waals surface area contributed by atoms with Gasteiger partial charge < -0.3 is 14.2 Å². The van der Waals surface area contributed by atoms with Crippen LogP contribution in [0, 0.1) is 0 Å². The smallest absolute Gasteiger partial charge is 0.280 e. The Morgan fingerprint density at radius 2 is 1.33 bits per heavy atom. The van der Waals surface area contributed by atoms with Crippen molar-refractivity contribution in [2.75, 3.05) is 19.8 Å². The summed E-state index contributed by atoms with van der Waals surface area (Å²) in [5, 5.41) is 1.29. The van der Waals surface area contributed by atoms with E-state index in [1.54, 1.807) is 0 Å². The van der Waals surface area contributed by atoms with E-state index in [9.17, 15) is 0 Å². The van der Waals surface area contributed by atoms with E-state index in [4.69, 9.17) is 14.2 Å². The number of thiazole rings is 1. The first-order valence-electron chi connectivity index (χ1n) is 4.71. The molecule has 0 saturated carbocycles. The predicted octanol–water partition coefficient (Wildman–Crippen LogP) is 2.79. The molecule has 1 aromatic rings. The van der Waals surface area contributed by atoms with Crippen LogP contribution in [0.5, 0.6) is 16.1 Å². The average molecular weight is 354 g/mol. The highest BCUT2D eigenvalue weighted by atomic mass is 32.1. The number of nitrogens with zero attached hydrogens (tertiary/aromatic N) is 1. The number of aromatic nitrogens is 1. The molecular weight excluding hydrogens is 330 g/mol. The first-order chi connectivity index (χ1) is 6.81. The Morgan fingerprint density at radius 1 is 0.833 bits per heavy atom. The van der Waals surface area contributed by atoms with Crippen molar-refractivity contribution in [1.29, 1.82) is 0 Å². The molecule has 1 rings (SSSR count). The van der Waals surface area contributed by atoms with Crippen LogP contribution in [-0.4, -0.2) is 24.8 Å². The molecule has 0 amide bonds. The second kappa shape index (κ2) is 15.5. The normalized spacial score (nSPS) is 7.72. The lowest BCUT2D eigenvalue weighted by Crippen LogP contribution is -1.96. The van der Waals surface area contributed by atoms with Crippen LogP contribution >= 0.6 is 65.3 Å². The van der Waals surface area contributed by atoms with Gasteiger partial charge in [0.25, 0.3) is 11.1 Å². The lowest BCUT2D eigenvalue weighted by molar-refractivity contribution is 0.281. The molecule has 1 aromatic heterocycles. The maximum atomic E-state index is 5.37. The Hall–Kier alpha value is 0.430. The minimum atomic E-state index is 0. The van der Waals surface area contributed by atoms with Gasteiger partial charge in [-0.15, -0.1) is 0 Å². The van der Waals surface area contributed by atoms with Crippen molar-refractivity contribution in [3.05, 3.63) is 0 Å². The molecule has 4 nitrogen and oxygen atoms in total. The number of hydrogen-bond acceptors (Lipinski definition) is 5. The standard InChI is InChI=1S/C9H15NO3S.4H2S/c1-4-11-7-8(12-5-2)14-9(10-7)13-6-3;;;;/h4-6H2,1-3H3;4*1H2.